The van der Waals surface area contributed by atoms with Crippen molar-refractivity contribution in [2.24, 2.45) is 7.05 Å². The second-order valence-corrected chi connectivity index (χ2v) is 11.6. The topological polar surface area (TPSA) is 83.0 Å². The number of hydrogen-bond donors (Lipinski definition) is 0. The summed E-state index contributed by atoms with van der Waals surface area (Å²) in [5.74, 6) is 1.31. The Hall–Kier alpha value is -3.18. The standard InChI is InChI=1S/C29H39N7O/c1-8-34-24(12-14-30)31-25-26(32-28(37)33(7)27(25)34)36-17-18(2)35(16-19(36)3)20(4)22-10-9-21-11-13-29(5,6)23(21)15-22/h9-10,15,18-20H,8,11-13,16-17H2,1-7H3/t18-,19+,20?/m1/s1. The van der Waals surface area contributed by atoms with E-state index >= 15 is 0 Å². The largest absolute Gasteiger partial charge is 0.350 e. The van der Waals surface area contributed by atoms with Crippen LogP contribution in [-0.2, 0) is 31.8 Å². The number of aryl methyl sites for hydroxylation is 3. The lowest BCUT2D eigenvalue weighted by Gasteiger charge is -2.47. The third kappa shape index (κ3) is 4.14. The number of piperazine rings is 1. The van der Waals surface area contributed by atoms with Crippen LogP contribution < -0.4 is 10.6 Å². The van der Waals surface area contributed by atoms with E-state index in [2.05, 4.69) is 73.7 Å². The minimum absolute atomic E-state index is 0.151. The number of rotatable bonds is 5. The van der Waals surface area contributed by atoms with Crippen LogP contribution in [0, 0.1) is 11.3 Å². The third-order valence-electron chi connectivity index (χ3n) is 8.76. The van der Waals surface area contributed by atoms with E-state index in [4.69, 9.17) is 4.98 Å². The lowest BCUT2D eigenvalue weighted by molar-refractivity contribution is 0.119. The summed E-state index contributed by atoms with van der Waals surface area (Å²) in [6, 6.07) is 10.0. The Morgan fingerprint density at radius 1 is 1.19 bits per heavy atom. The Kier molecular flexibility index (Phi) is 6.39. The fraction of sp³-hybridized carbons (Fsp3) is 0.586. The van der Waals surface area contributed by atoms with Crippen LogP contribution in [0.15, 0.2) is 23.0 Å². The van der Waals surface area contributed by atoms with Gasteiger partial charge in [0.25, 0.3) is 0 Å². The van der Waals surface area contributed by atoms with Crippen molar-refractivity contribution in [3.8, 4) is 6.07 Å². The van der Waals surface area contributed by atoms with Crippen LogP contribution in [0.2, 0.25) is 0 Å². The van der Waals surface area contributed by atoms with Gasteiger partial charge in [-0.3, -0.25) is 9.47 Å². The third-order valence-corrected chi connectivity index (χ3v) is 8.76. The quantitative estimate of drug-likeness (QED) is 0.524. The first-order chi connectivity index (χ1) is 17.6. The predicted molar refractivity (Wildman–Crippen MR) is 147 cm³/mol. The number of fused-ring (bicyclic) bond motifs is 2. The molecule has 2 aliphatic rings. The van der Waals surface area contributed by atoms with E-state index in [0.29, 0.717) is 29.7 Å². The zero-order chi connectivity index (χ0) is 26.6. The van der Waals surface area contributed by atoms with Crippen molar-refractivity contribution in [3.63, 3.8) is 0 Å². The molecule has 1 aromatic carbocycles. The number of hydrogen-bond acceptors (Lipinski definition) is 6. The first kappa shape index (κ1) is 25.5. The predicted octanol–water partition coefficient (Wildman–Crippen LogP) is 4.10. The average Bonchev–Trinajstić information content (AvgIpc) is 3.39. The van der Waals surface area contributed by atoms with Crippen LogP contribution in [0.25, 0.3) is 11.2 Å². The Bertz CT molecular complexity index is 1440. The molecule has 1 aliphatic carbocycles. The van der Waals surface area contributed by atoms with Gasteiger partial charge in [-0.05, 0) is 62.6 Å². The van der Waals surface area contributed by atoms with E-state index in [1.807, 2.05) is 11.5 Å². The summed E-state index contributed by atoms with van der Waals surface area (Å²) in [6.45, 7) is 15.8. The maximum absolute atomic E-state index is 12.9. The molecule has 196 valence electrons. The van der Waals surface area contributed by atoms with Crippen molar-refractivity contribution in [2.45, 2.75) is 90.9 Å². The molecule has 3 atom stereocenters. The number of nitriles is 1. The summed E-state index contributed by atoms with van der Waals surface area (Å²) in [5, 5.41) is 9.34. The molecule has 0 saturated carbocycles. The van der Waals surface area contributed by atoms with Crippen LogP contribution in [-0.4, -0.2) is 49.2 Å². The van der Waals surface area contributed by atoms with E-state index in [9.17, 15) is 10.1 Å². The van der Waals surface area contributed by atoms with Crippen LogP contribution in [0.4, 0.5) is 5.82 Å². The van der Waals surface area contributed by atoms with Crippen molar-refractivity contribution in [2.75, 3.05) is 18.0 Å². The molecule has 5 rings (SSSR count). The molecule has 8 heteroatoms. The van der Waals surface area contributed by atoms with Gasteiger partial charge in [0.05, 0.1) is 12.5 Å². The molecule has 37 heavy (non-hydrogen) atoms. The van der Waals surface area contributed by atoms with Crippen LogP contribution in [0.1, 0.15) is 76.5 Å². The highest BCUT2D eigenvalue weighted by molar-refractivity contribution is 5.84. The van der Waals surface area contributed by atoms with Gasteiger partial charge in [0.15, 0.2) is 5.82 Å². The summed E-state index contributed by atoms with van der Waals surface area (Å²) in [4.78, 5) is 27.1. The van der Waals surface area contributed by atoms with Crippen LogP contribution >= 0.6 is 0 Å². The molecule has 1 saturated heterocycles. The van der Waals surface area contributed by atoms with Crippen molar-refractivity contribution in [3.05, 3.63) is 51.2 Å². The summed E-state index contributed by atoms with van der Waals surface area (Å²) >= 11 is 0. The number of anilines is 1. The zero-order valence-electron chi connectivity index (χ0n) is 23.2. The average molecular weight is 502 g/mol. The smallest absolute Gasteiger partial charge is 0.349 e. The van der Waals surface area contributed by atoms with Crippen molar-refractivity contribution < 1.29 is 0 Å². The number of imidazole rings is 1. The van der Waals surface area contributed by atoms with Gasteiger partial charge >= 0.3 is 5.69 Å². The highest BCUT2D eigenvalue weighted by Gasteiger charge is 2.36. The maximum atomic E-state index is 12.9. The van der Waals surface area contributed by atoms with E-state index in [1.54, 1.807) is 11.6 Å². The molecule has 0 N–H and O–H groups in total. The molecular weight excluding hydrogens is 462 g/mol. The van der Waals surface area contributed by atoms with Gasteiger partial charge < -0.3 is 9.47 Å². The molecule has 1 fully saturated rings. The highest BCUT2D eigenvalue weighted by Crippen LogP contribution is 2.40. The zero-order valence-corrected chi connectivity index (χ0v) is 23.2. The van der Waals surface area contributed by atoms with Crippen molar-refractivity contribution in [1.29, 1.82) is 5.26 Å². The number of nitrogens with zero attached hydrogens (tertiary/aromatic N) is 7. The molecule has 1 aliphatic heterocycles. The molecule has 1 unspecified atom stereocenters. The first-order valence-electron chi connectivity index (χ1n) is 13.6. The Morgan fingerprint density at radius 2 is 1.95 bits per heavy atom. The lowest BCUT2D eigenvalue weighted by atomic mass is 9.85. The summed E-state index contributed by atoms with van der Waals surface area (Å²) in [5.41, 5.74) is 5.76. The normalized spacial score (nSPS) is 22.3. The Labute approximate surface area is 219 Å². The SMILES string of the molecule is CCn1c(CC#N)nc2c(N3C[C@@H](C)N(C(C)c4ccc5c(c4)C(C)(C)CC5)C[C@@H]3C)nc(=O)n(C)c21. The van der Waals surface area contributed by atoms with Crippen LogP contribution in [0.3, 0.4) is 0 Å². The molecule has 3 heterocycles. The second-order valence-electron chi connectivity index (χ2n) is 11.6. The van der Waals surface area contributed by atoms with E-state index < -0.39 is 0 Å². The molecule has 0 spiro atoms. The number of benzene rings is 1. The fourth-order valence-corrected chi connectivity index (χ4v) is 6.49. The van der Waals surface area contributed by atoms with Gasteiger partial charge in [-0.2, -0.15) is 10.2 Å². The van der Waals surface area contributed by atoms with Gasteiger partial charge in [-0.15, -0.1) is 0 Å². The summed E-state index contributed by atoms with van der Waals surface area (Å²) < 4.78 is 3.52. The lowest BCUT2D eigenvalue weighted by Crippen LogP contribution is -2.57. The summed E-state index contributed by atoms with van der Waals surface area (Å²) in [6.07, 6.45) is 2.59. The second kappa shape index (κ2) is 9.29. The highest BCUT2D eigenvalue weighted by atomic mass is 16.1. The van der Waals surface area contributed by atoms with Gasteiger partial charge in [-0.1, -0.05) is 32.0 Å². The molecule has 0 radical (unpaired) electrons. The van der Waals surface area contributed by atoms with Crippen molar-refractivity contribution in [1.82, 2.24) is 24.0 Å². The monoisotopic (exact) mass is 501 g/mol. The first-order valence-corrected chi connectivity index (χ1v) is 13.6. The van der Waals surface area contributed by atoms with E-state index in [-0.39, 0.29) is 29.6 Å². The van der Waals surface area contributed by atoms with Crippen LogP contribution in [0.5, 0.6) is 0 Å². The molecule has 0 bridgehead atoms. The molecule has 8 nitrogen and oxygen atoms in total. The van der Waals surface area contributed by atoms with Gasteiger partial charge in [0.2, 0.25) is 0 Å². The van der Waals surface area contributed by atoms with Gasteiger partial charge in [0.1, 0.15) is 17.0 Å². The summed E-state index contributed by atoms with van der Waals surface area (Å²) in [7, 11) is 1.73. The molecule has 2 aromatic heterocycles. The molecular formula is C29H39N7O. The molecule has 0 amide bonds. The fourth-order valence-electron chi connectivity index (χ4n) is 6.49. The van der Waals surface area contributed by atoms with E-state index in [0.717, 1.165) is 18.7 Å². The minimum Gasteiger partial charge on any atom is -0.349 e. The number of aromatic nitrogens is 4. The van der Waals surface area contributed by atoms with Crippen molar-refractivity contribution >= 4 is 17.0 Å². The Morgan fingerprint density at radius 3 is 2.65 bits per heavy atom. The maximum Gasteiger partial charge on any atom is 0.350 e. The van der Waals surface area contributed by atoms with E-state index in [1.165, 1.54) is 29.5 Å². The minimum atomic E-state index is -0.294. The van der Waals surface area contributed by atoms with Gasteiger partial charge in [0, 0.05) is 44.8 Å². The molecule has 3 aromatic rings. The van der Waals surface area contributed by atoms with Gasteiger partial charge in [-0.25, -0.2) is 9.78 Å². The Balaban J connectivity index is 1.47.